The van der Waals surface area contributed by atoms with Gasteiger partial charge in [-0.05, 0) is 57.1 Å². The number of halogens is 1. The zero-order valence-electron chi connectivity index (χ0n) is 16.8. The minimum absolute atomic E-state index is 0.285. The number of hydrogen-bond acceptors (Lipinski definition) is 5. The van der Waals surface area contributed by atoms with Crippen molar-refractivity contribution in [2.75, 3.05) is 31.2 Å². The van der Waals surface area contributed by atoms with Crippen LogP contribution in [-0.4, -0.2) is 48.5 Å². The van der Waals surface area contributed by atoms with Crippen LogP contribution in [0.1, 0.15) is 43.4 Å². The molecule has 1 unspecified atom stereocenters. The lowest BCUT2D eigenvalue weighted by molar-refractivity contribution is -0.0261. The second-order valence-electron chi connectivity index (χ2n) is 8.32. The van der Waals surface area contributed by atoms with Crippen LogP contribution in [0.2, 0.25) is 5.02 Å². The van der Waals surface area contributed by atoms with Crippen molar-refractivity contribution in [1.29, 1.82) is 0 Å². The van der Waals surface area contributed by atoms with E-state index in [2.05, 4.69) is 4.90 Å². The predicted octanol–water partition coefficient (Wildman–Crippen LogP) is 4.45. The molecule has 154 valence electrons. The minimum Gasteiger partial charge on any atom is -0.379 e. The van der Waals surface area contributed by atoms with Crippen LogP contribution >= 0.6 is 11.6 Å². The van der Waals surface area contributed by atoms with Crippen molar-refractivity contribution in [3.05, 3.63) is 40.5 Å². The van der Waals surface area contributed by atoms with E-state index in [4.69, 9.17) is 31.0 Å². The molecule has 6 heteroatoms. The lowest BCUT2D eigenvalue weighted by Gasteiger charge is -2.35. The predicted molar refractivity (Wildman–Crippen MR) is 115 cm³/mol. The van der Waals surface area contributed by atoms with E-state index in [0.29, 0.717) is 6.10 Å². The molecule has 0 spiro atoms. The van der Waals surface area contributed by atoms with Crippen molar-refractivity contribution >= 4 is 17.4 Å². The fraction of sp³-hybridized carbons (Fsp3) is 0.565. The van der Waals surface area contributed by atoms with Crippen molar-refractivity contribution in [3.8, 4) is 11.4 Å². The number of nitrogens with zero attached hydrogens (tertiary/aromatic N) is 3. The van der Waals surface area contributed by atoms with Gasteiger partial charge >= 0.3 is 0 Å². The molecular weight excluding hydrogens is 386 g/mol. The summed E-state index contributed by atoms with van der Waals surface area (Å²) in [5.41, 5.74) is 3.56. The Kier molecular flexibility index (Phi) is 5.71. The van der Waals surface area contributed by atoms with Crippen molar-refractivity contribution in [1.82, 2.24) is 9.97 Å². The molecule has 29 heavy (non-hydrogen) atoms. The Morgan fingerprint density at radius 1 is 1.03 bits per heavy atom. The maximum absolute atomic E-state index is 6.26. The van der Waals surface area contributed by atoms with Crippen molar-refractivity contribution < 1.29 is 9.47 Å². The van der Waals surface area contributed by atoms with E-state index in [1.165, 1.54) is 24.1 Å². The van der Waals surface area contributed by atoms with Crippen LogP contribution in [-0.2, 0) is 22.3 Å². The first-order valence-electron chi connectivity index (χ1n) is 10.9. The Labute approximate surface area is 177 Å². The molecule has 2 aromatic rings. The number of aryl methyl sites for hydroxylation is 1. The average molecular weight is 414 g/mol. The van der Waals surface area contributed by atoms with E-state index >= 15 is 0 Å². The first-order valence-corrected chi connectivity index (χ1v) is 11.3. The topological polar surface area (TPSA) is 47.5 Å². The second kappa shape index (κ2) is 8.58. The third kappa shape index (κ3) is 4.27. The summed E-state index contributed by atoms with van der Waals surface area (Å²) in [5.74, 6) is 1.93. The molecule has 2 fully saturated rings. The Bertz CT molecular complexity index is 861. The molecule has 0 bridgehead atoms. The van der Waals surface area contributed by atoms with Gasteiger partial charge in [0.1, 0.15) is 5.82 Å². The molecule has 0 radical (unpaired) electrons. The molecule has 5 nitrogen and oxygen atoms in total. The number of rotatable bonds is 4. The van der Waals surface area contributed by atoms with Crippen LogP contribution < -0.4 is 4.90 Å². The summed E-state index contributed by atoms with van der Waals surface area (Å²) in [6.07, 6.45) is 8.29. The standard InChI is InChI=1S/C23H28ClN3O2/c24-17-5-3-4-16(14-17)22-25-21-7-2-1-6-20(21)23(26-22)27-11-8-18(9-12-27)29-19-10-13-28-15-19/h3-5,14,18-19H,1-2,6-13,15H2. The molecule has 2 aliphatic heterocycles. The van der Waals surface area contributed by atoms with Crippen LogP contribution in [0.15, 0.2) is 24.3 Å². The van der Waals surface area contributed by atoms with E-state index in [1.807, 2.05) is 24.3 Å². The average Bonchev–Trinajstić information content (AvgIpc) is 3.27. The molecule has 0 N–H and O–H groups in total. The smallest absolute Gasteiger partial charge is 0.161 e. The number of benzene rings is 1. The van der Waals surface area contributed by atoms with Crippen LogP contribution in [0.3, 0.4) is 0 Å². The van der Waals surface area contributed by atoms with Gasteiger partial charge in [-0.3, -0.25) is 0 Å². The number of ether oxygens (including phenoxy) is 2. The molecule has 0 amide bonds. The lowest BCUT2D eigenvalue weighted by atomic mass is 9.95. The monoisotopic (exact) mass is 413 g/mol. The van der Waals surface area contributed by atoms with Gasteiger partial charge in [0.2, 0.25) is 0 Å². The van der Waals surface area contributed by atoms with Gasteiger partial charge in [0, 0.05) is 41.5 Å². The fourth-order valence-electron chi connectivity index (χ4n) is 4.69. The summed E-state index contributed by atoms with van der Waals surface area (Å²) in [6, 6.07) is 7.86. The summed E-state index contributed by atoms with van der Waals surface area (Å²) < 4.78 is 11.7. The Hall–Kier alpha value is -1.69. The van der Waals surface area contributed by atoms with E-state index in [1.54, 1.807) is 0 Å². The number of fused-ring (bicyclic) bond motifs is 1. The third-order valence-electron chi connectivity index (χ3n) is 6.26. The molecule has 1 aromatic carbocycles. The summed E-state index contributed by atoms with van der Waals surface area (Å²) in [7, 11) is 0. The largest absolute Gasteiger partial charge is 0.379 e. The molecule has 1 aromatic heterocycles. The highest BCUT2D eigenvalue weighted by atomic mass is 35.5. The SMILES string of the molecule is Clc1cccc(-c2nc3c(c(N4CCC(OC5CCOC5)CC4)n2)CCCC3)c1. The number of piperidine rings is 1. The highest BCUT2D eigenvalue weighted by molar-refractivity contribution is 6.30. The maximum Gasteiger partial charge on any atom is 0.161 e. The van der Waals surface area contributed by atoms with Crippen LogP contribution in [0, 0.1) is 0 Å². The van der Waals surface area contributed by atoms with Gasteiger partial charge in [-0.15, -0.1) is 0 Å². The molecule has 3 aliphatic rings. The van der Waals surface area contributed by atoms with E-state index in [9.17, 15) is 0 Å². The summed E-state index contributed by atoms with van der Waals surface area (Å²) in [6.45, 7) is 3.55. The van der Waals surface area contributed by atoms with Crippen molar-refractivity contribution in [2.24, 2.45) is 0 Å². The third-order valence-corrected chi connectivity index (χ3v) is 6.49. The maximum atomic E-state index is 6.26. The zero-order chi connectivity index (χ0) is 19.6. The number of anilines is 1. The van der Waals surface area contributed by atoms with Gasteiger partial charge in [0.15, 0.2) is 5.82 Å². The Morgan fingerprint density at radius 2 is 1.90 bits per heavy atom. The van der Waals surface area contributed by atoms with Crippen LogP contribution in [0.5, 0.6) is 0 Å². The lowest BCUT2D eigenvalue weighted by Crippen LogP contribution is -2.40. The normalized spacial score (nSPS) is 22.7. The van der Waals surface area contributed by atoms with Gasteiger partial charge in [0.25, 0.3) is 0 Å². The minimum atomic E-state index is 0.285. The highest BCUT2D eigenvalue weighted by Crippen LogP contribution is 2.33. The second-order valence-corrected chi connectivity index (χ2v) is 8.76. The molecule has 1 atom stereocenters. The summed E-state index contributed by atoms with van der Waals surface area (Å²) in [4.78, 5) is 12.4. The van der Waals surface area contributed by atoms with Gasteiger partial charge in [-0.25, -0.2) is 9.97 Å². The van der Waals surface area contributed by atoms with Crippen LogP contribution in [0.25, 0.3) is 11.4 Å². The van der Waals surface area contributed by atoms with E-state index in [-0.39, 0.29) is 6.10 Å². The Morgan fingerprint density at radius 3 is 2.69 bits per heavy atom. The van der Waals surface area contributed by atoms with E-state index < -0.39 is 0 Å². The first kappa shape index (κ1) is 19.3. The Balaban J connectivity index is 1.38. The first-order chi connectivity index (χ1) is 14.3. The van der Waals surface area contributed by atoms with Gasteiger partial charge in [-0.1, -0.05) is 23.7 Å². The molecule has 2 saturated heterocycles. The van der Waals surface area contributed by atoms with Gasteiger partial charge < -0.3 is 14.4 Å². The molecule has 0 saturated carbocycles. The molecule has 3 heterocycles. The summed E-state index contributed by atoms with van der Waals surface area (Å²) in [5, 5.41) is 0.722. The molecule has 5 rings (SSSR count). The van der Waals surface area contributed by atoms with Gasteiger partial charge in [0.05, 0.1) is 18.8 Å². The van der Waals surface area contributed by atoms with Crippen molar-refractivity contribution in [3.63, 3.8) is 0 Å². The summed E-state index contributed by atoms with van der Waals surface area (Å²) >= 11 is 6.22. The quantitative estimate of drug-likeness (QED) is 0.741. The molecular formula is C23H28ClN3O2. The number of hydrogen-bond donors (Lipinski definition) is 0. The van der Waals surface area contributed by atoms with E-state index in [0.717, 1.165) is 80.6 Å². The van der Waals surface area contributed by atoms with Crippen molar-refractivity contribution in [2.45, 2.75) is 57.2 Å². The molecule has 1 aliphatic carbocycles. The zero-order valence-corrected chi connectivity index (χ0v) is 17.5. The number of aromatic nitrogens is 2. The van der Waals surface area contributed by atoms with Gasteiger partial charge in [-0.2, -0.15) is 0 Å². The highest BCUT2D eigenvalue weighted by Gasteiger charge is 2.28. The van der Waals surface area contributed by atoms with Crippen LogP contribution in [0.4, 0.5) is 5.82 Å². The fourth-order valence-corrected chi connectivity index (χ4v) is 4.88.